The molecule has 0 spiro atoms. The highest BCUT2D eigenvalue weighted by molar-refractivity contribution is 6.08. The Balaban J connectivity index is 1.67. The summed E-state index contributed by atoms with van der Waals surface area (Å²) in [6.07, 6.45) is 0.872. The lowest BCUT2D eigenvalue weighted by molar-refractivity contribution is -0.126. The van der Waals surface area contributed by atoms with E-state index in [1.807, 2.05) is 42.5 Å². The molecule has 0 saturated carbocycles. The van der Waals surface area contributed by atoms with Crippen molar-refractivity contribution < 1.29 is 24.2 Å². The van der Waals surface area contributed by atoms with Crippen molar-refractivity contribution in [2.75, 3.05) is 19.0 Å². The average Bonchev–Trinajstić information content (AvgIpc) is 2.90. The van der Waals surface area contributed by atoms with Crippen LogP contribution in [0.25, 0.3) is 0 Å². The fourth-order valence-corrected chi connectivity index (χ4v) is 3.34. The Morgan fingerprint density at radius 1 is 1.03 bits per heavy atom. The lowest BCUT2D eigenvalue weighted by atomic mass is 9.98. The topological polar surface area (TPSA) is 121 Å². The molecule has 0 radical (unpaired) electrons. The number of methoxy groups -OCH3 is 1. The third kappa shape index (κ3) is 7.61. The number of rotatable bonds is 12. The number of aliphatic imine (C=N–C) groups is 1. The number of carbonyl (C=O) groups excluding carboxylic acids is 1. The Morgan fingerprint density at radius 2 is 1.75 bits per heavy atom. The van der Waals surface area contributed by atoms with Crippen LogP contribution in [-0.2, 0) is 16.1 Å². The summed E-state index contributed by atoms with van der Waals surface area (Å²) in [5.41, 5.74) is 2.60. The summed E-state index contributed by atoms with van der Waals surface area (Å²) in [5, 5.41) is 20.5. The third-order valence-electron chi connectivity index (χ3n) is 5.45. The third-order valence-corrected chi connectivity index (χ3v) is 5.45. The maximum Gasteiger partial charge on any atom is 0.335 e. The minimum Gasteiger partial charge on any atom is -0.497 e. The van der Waals surface area contributed by atoms with Gasteiger partial charge in [-0.15, -0.1) is 0 Å². The van der Waals surface area contributed by atoms with E-state index in [0.29, 0.717) is 29.3 Å². The highest BCUT2D eigenvalue weighted by atomic mass is 16.5. The molecule has 36 heavy (non-hydrogen) atoms. The van der Waals surface area contributed by atoms with Crippen LogP contribution in [0.2, 0.25) is 0 Å². The normalized spacial score (nSPS) is 12.6. The van der Waals surface area contributed by atoms with Gasteiger partial charge >= 0.3 is 5.97 Å². The molecule has 0 saturated heterocycles. The number of amides is 1. The van der Waals surface area contributed by atoms with E-state index >= 15 is 0 Å². The van der Waals surface area contributed by atoms with Gasteiger partial charge in [0.2, 0.25) is 0 Å². The maximum atomic E-state index is 12.6. The first kappa shape index (κ1) is 26.3. The molecule has 0 heterocycles. The van der Waals surface area contributed by atoms with Crippen molar-refractivity contribution in [1.29, 1.82) is 5.41 Å². The van der Waals surface area contributed by atoms with Gasteiger partial charge in [0, 0.05) is 17.6 Å². The molecule has 0 aliphatic heterocycles. The van der Waals surface area contributed by atoms with Crippen molar-refractivity contribution in [3.63, 3.8) is 0 Å². The zero-order valence-corrected chi connectivity index (χ0v) is 20.2. The first-order valence-electron chi connectivity index (χ1n) is 11.4. The number of carboxylic acid groups (broad SMARTS) is 1. The number of carboxylic acids is 1. The summed E-state index contributed by atoms with van der Waals surface area (Å²) in [4.78, 5) is 28.1. The van der Waals surface area contributed by atoms with E-state index in [9.17, 15) is 9.59 Å². The zero-order chi connectivity index (χ0) is 25.9. The summed E-state index contributed by atoms with van der Waals surface area (Å²) in [5.74, 6) is -1.28. The standard InChI is InChI=1S/C28H29N3O5/c1-19(27(32)31-24-13-11-21(12-14-24)28(33)34)36-18-23(17-30-16-20-7-4-3-5-8-20)26(29)22-9-6-10-25(15-22)35-2/h3-15,17,19,23,29H,16,18H2,1-2H3,(H,31,32)(H,33,34). The predicted octanol–water partition coefficient (Wildman–Crippen LogP) is 4.69. The van der Waals surface area contributed by atoms with Crippen LogP contribution < -0.4 is 10.1 Å². The number of benzene rings is 3. The minimum absolute atomic E-state index is 0.0703. The molecule has 1 amide bonds. The van der Waals surface area contributed by atoms with Crippen LogP contribution in [0.3, 0.4) is 0 Å². The van der Waals surface area contributed by atoms with Crippen LogP contribution in [0.5, 0.6) is 5.75 Å². The summed E-state index contributed by atoms with van der Waals surface area (Å²) < 4.78 is 11.1. The predicted molar refractivity (Wildman–Crippen MR) is 139 cm³/mol. The Hall–Kier alpha value is -4.30. The van der Waals surface area contributed by atoms with Gasteiger partial charge < -0.3 is 25.3 Å². The molecular formula is C28H29N3O5. The molecule has 2 atom stereocenters. The van der Waals surface area contributed by atoms with Gasteiger partial charge in [0.25, 0.3) is 5.91 Å². The Kier molecular flexibility index (Phi) is 9.48. The molecule has 0 bridgehead atoms. The lowest BCUT2D eigenvalue weighted by Gasteiger charge is -2.19. The highest BCUT2D eigenvalue weighted by Crippen LogP contribution is 2.17. The molecule has 0 aliphatic carbocycles. The SMILES string of the molecule is COc1cccc(C(=N)C(C=NCc2ccccc2)COC(C)C(=O)Nc2ccc(C(=O)O)cc2)c1. The first-order valence-corrected chi connectivity index (χ1v) is 11.4. The van der Waals surface area contributed by atoms with E-state index in [0.717, 1.165) is 5.56 Å². The maximum absolute atomic E-state index is 12.6. The number of hydrogen-bond donors (Lipinski definition) is 3. The molecule has 8 heteroatoms. The van der Waals surface area contributed by atoms with E-state index in [-0.39, 0.29) is 18.1 Å². The summed E-state index contributed by atoms with van der Waals surface area (Å²) in [7, 11) is 1.57. The van der Waals surface area contributed by atoms with E-state index in [4.69, 9.17) is 20.0 Å². The summed E-state index contributed by atoms with van der Waals surface area (Å²) >= 11 is 0. The van der Waals surface area contributed by atoms with Gasteiger partial charge in [-0.25, -0.2) is 4.79 Å². The van der Waals surface area contributed by atoms with Crippen molar-refractivity contribution in [2.24, 2.45) is 10.9 Å². The van der Waals surface area contributed by atoms with Gasteiger partial charge in [-0.3, -0.25) is 9.79 Å². The smallest absolute Gasteiger partial charge is 0.335 e. The largest absolute Gasteiger partial charge is 0.497 e. The quantitative estimate of drug-likeness (QED) is 0.320. The highest BCUT2D eigenvalue weighted by Gasteiger charge is 2.20. The Labute approximate surface area is 210 Å². The number of ether oxygens (including phenoxy) is 2. The second-order valence-electron chi connectivity index (χ2n) is 8.07. The average molecular weight is 488 g/mol. The molecule has 186 valence electrons. The van der Waals surface area contributed by atoms with Crippen molar-refractivity contribution in [3.8, 4) is 5.75 Å². The number of nitrogens with one attached hydrogen (secondary N) is 2. The van der Waals surface area contributed by atoms with Crippen molar-refractivity contribution in [1.82, 2.24) is 0 Å². The minimum atomic E-state index is -1.04. The summed E-state index contributed by atoms with van der Waals surface area (Å²) in [6, 6.07) is 22.9. The molecule has 3 aromatic rings. The number of nitrogens with zero attached hydrogens (tertiary/aromatic N) is 1. The molecule has 2 unspecified atom stereocenters. The fraction of sp³-hybridized carbons (Fsp3) is 0.214. The van der Waals surface area contributed by atoms with Crippen LogP contribution in [0.15, 0.2) is 83.9 Å². The number of hydrogen-bond acceptors (Lipinski definition) is 6. The van der Waals surface area contributed by atoms with Gasteiger partial charge in [-0.05, 0) is 54.4 Å². The Bertz CT molecular complexity index is 1210. The second-order valence-corrected chi connectivity index (χ2v) is 8.07. The van der Waals surface area contributed by atoms with Gasteiger partial charge in [-0.2, -0.15) is 0 Å². The van der Waals surface area contributed by atoms with Crippen molar-refractivity contribution in [2.45, 2.75) is 19.6 Å². The number of carbonyl (C=O) groups is 2. The molecule has 0 aliphatic rings. The molecule has 0 fully saturated rings. The van der Waals surface area contributed by atoms with Crippen LogP contribution in [0.4, 0.5) is 5.69 Å². The van der Waals surface area contributed by atoms with E-state index in [1.54, 1.807) is 32.4 Å². The molecule has 3 N–H and O–H groups in total. The zero-order valence-electron chi connectivity index (χ0n) is 20.2. The van der Waals surface area contributed by atoms with Gasteiger partial charge in [0.15, 0.2) is 0 Å². The van der Waals surface area contributed by atoms with Crippen LogP contribution in [0, 0.1) is 11.3 Å². The van der Waals surface area contributed by atoms with Crippen molar-refractivity contribution in [3.05, 3.63) is 95.6 Å². The monoisotopic (exact) mass is 487 g/mol. The van der Waals surface area contributed by atoms with E-state index < -0.39 is 18.0 Å². The number of anilines is 1. The molecule has 3 aromatic carbocycles. The molecule has 8 nitrogen and oxygen atoms in total. The number of aromatic carboxylic acids is 1. The molecule has 3 rings (SSSR count). The lowest BCUT2D eigenvalue weighted by Crippen LogP contribution is -2.31. The van der Waals surface area contributed by atoms with E-state index in [1.165, 1.54) is 24.3 Å². The Morgan fingerprint density at radius 3 is 2.42 bits per heavy atom. The fourth-order valence-electron chi connectivity index (χ4n) is 3.34. The van der Waals surface area contributed by atoms with Gasteiger partial charge in [0.1, 0.15) is 11.9 Å². The van der Waals surface area contributed by atoms with Crippen LogP contribution in [0.1, 0.15) is 28.4 Å². The first-order chi connectivity index (χ1) is 17.4. The summed E-state index contributed by atoms with van der Waals surface area (Å²) in [6.45, 7) is 2.15. The van der Waals surface area contributed by atoms with Crippen LogP contribution >= 0.6 is 0 Å². The van der Waals surface area contributed by atoms with E-state index in [2.05, 4.69) is 10.3 Å². The molecular weight excluding hydrogens is 458 g/mol. The van der Waals surface area contributed by atoms with Crippen molar-refractivity contribution >= 4 is 29.5 Å². The second kappa shape index (κ2) is 13.0. The molecule has 0 aromatic heterocycles. The van der Waals surface area contributed by atoms with Gasteiger partial charge in [0.05, 0.1) is 31.7 Å². The van der Waals surface area contributed by atoms with Crippen LogP contribution in [-0.4, -0.2) is 48.7 Å². The van der Waals surface area contributed by atoms with Gasteiger partial charge in [-0.1, -0.05) is 42.5 Å².